The van der Waals surface area contributed by atoms with Gasteiger partial charge < -0.3 is 9.15 Å². The molecule has 1 unspecified atom stereocenters. The Labute approximate surface area is 142 Å². The van der Waals surface area contributed by atoms with Crippen LogP contribution in [0.4, 0.5) is 0 Å². The maximum atomic E-state index is 5.94. The largest absolute Gasteiger partial charge is 0.441 e. The molecule has 0 saturated carbocycles. The monoisotopic (exact) mass is 334 g/mol. The normalized spacial score (nSPS) is 19.2. The number of halogens is 1. The Hall–Kier alpha value is -1.36. The van der Waals surface area contributed by atoms with E-state index in [9.17, 15) is 0 Å². The second-order valence-corrected chi connectivity index (χ2v) is 6.54. The Bertz CT molecular complexity index is 637. The molecule has 23 heavy (non-hydrogen) atoms. The van der Waals surface area contributed by atoms with E-state index in [4.69, 9.17) is 25.7 Å². The van der Waals surface area contributed by atoms with Gasteiger partial charge in [0.2, 0.25) is 5.89 Å². The summed E-state index contributed by atoms with van der Waals surface area (Å²) in [4.78, 5) is 7.17. The van der Waals surface area contributed by atoms with E-state index < -0.39 is 0 Å². The summed E-state index contributed by atoms with van der Waals surface area (Å²) in [5, 5.41) is 0.716. The van der Waals surface area contributed by atoms with Crippen LogP contribution in [0.15, 0.2) is 28.7 Å². The number of hydrogen-bond donors (Lipinski definition) is 0. The topological polar surface area (TPSA) is 38.5 Å². The van der Waals surface area contributed by atoms with Crippen LogP contribution in [-0.4, -0.2) is 36.2 Å². The summed E-state index contributed by atoms with van der Waals surface area (Å²) in [5.74, 6) is 1.55. The minimum Gasteiger partial charge on any atom is -0.441 e. The molecule has 0 spiro atoms. The van der Waals surface area contributed by atoms with Gasteiger partial charge in [-0.1, -0.05) is 18.0 Å². The summed E-state index contributed by atoms with van der Waals surface area (Å²) in [6.45, 7) is 4.67. The third-order valence-electron chi connectivity index (χ3n) is 4.44. The molecular weight excluding hydrogens is 312 g/mol. The van der Waals surface area contributed by atoms with Gasteiger partial charge >= 0.3 is 0 Å². The second kappa shape index (κ2) is 7.47. The SMILES string of the molecule is COCC1CCCCN1Cc1nc(-c2ccc(Cl)cc2)oc1C. The van der Waals surface area contributed by atoms with Crippen LogP contribution in [0.2, 0.25) is 5.02 Å². The fraction of sp³-hybridized carbons (Fsp3) is 0.500. The fourth-order valence-electron chi connectivity index (χ4n) is 3.13. The van der Waals surface area contributed by atoms with Crippen molar-refractivity contribution in [1.82, 2.24) is 9.88 Å². The molecule has 1 aromatic carbocycles. The Morgan fingerprint density at radius 3 is 2.83 bits per heavy atom. The molecule has 2 aromatic rings. The van der Waals surface area contributed by atoms with E-state index in [1.807, 2.05) is 31.2 Å². The zero-order valence-corrected chi connectivity index (χ0v) is 14.5. The number of likely N-dealkylation sites (tertiary alicyclic amines) is 1. The van der Waals surface area contributed by atoms with Crippen molar-refractivity contribution in [2.75, 3.05) is 20.3 Å². The lowest BCUT2D eigenvalue weighted by Gasteiger charge is -2.34. The molecule has 4 nitrogen and oxygen atoms in total. The van der Waals surface area contributed by atoms with Crippen LogP contribution in [0.1, 0.15) is 30.7 Å². The lowest BCUT2D eigenvalue weighted by Crippen LogP contribution is -2.41. The van der Waals surface area contributed by atoms with Gasteiger partial charge in [-0.3, -0.25) is 4.90 Å². The molecule has 0 bridgehead atoms. The van der Waals surface area contributed by atoms with Gasteiger partial charge in [0, 0.05) is 30.3 Å². The van der Waals surface area contributed by atoms with Gasteiger partial charge in [-0.25, -0.2) is 4.98 Å². The molecule has 124 valence electrons. The number of benzene rings is 1. The third-order valence-corrected chi connectivity index (χ3v) is 4.70. The summed E-state index contributed by atoms with van der Waals surface area (Å²) in [5.41, 5.74) is 1.97. The summed E-state index contributed by atoms with van der Waals surface area (Å²) in [6.07, 6.45) is 3.70. The van der Waals surface area contributed by atoms with Crippen LogP contribution in [0.5, 0.6) is 0 Å². The first kappa shape index (κ1) is 16.5. The molecule has 1 saturated heterocycles. The number of ether oxygens (including phenoxy) is 1. The standard InChI is InChI=1S/C18H23ClN2O2/c1-13-17(11-21-10-4-3-5-16(21)12-22-2)20-18(23-13)14-6-8-15(19)9-7-14/h6-9,16H,3-5,10-12H2,1-2H3. The van der Waals surface area contributed by atoms with Gasteiger partial charge in [0.25, 0.3) is 0 Å². The summed E-state index contributed by atoms with van der Waals surface area (Å²) in [7, 11) is 1.77. The minimum atomic E-state index is 0.476. The predicted molar refractivity (Wildman–Crippen MR) is 91.6 cm³/mol. The zero-order valence-electron chi connectivity index (χ0n) is 13.7. The molecule has 1 aliphatic rings. The molecule has 1 aliphatic heterocycles. The number of nitrogens with zero attached hydrogens (tertiary/aromatic N) is 2. The van der Waals surface area contributed by atoms with Crippen molar-refractivity contribution in [1.29, 1.82) is 0 Å². The number of methoxy groups -OCH3 is 1. The van der Waals surface area contributed by atoms with E-state index in [-0.39, 0.29) is 0 Å². The third kappa shape index (κ3) is 3.94. The molecule has 5 heteroatoms. The van der Waals surface area contributed by atoms with Gasteiger partial charge in [0.05, 0.1) is 12.3 Å². The smallest absolute Gasteiger partial charge is 0.226 e. The molecule has 1 atom stereocenters. The number of hydrogen-bond acceptors (Lipinski definition) is 4. The first-order valence-corrected chi connectivity index (χ1v) is 8.50. The number of aryl methyl sites for hydroxylation is 1. The average Bonchev–Trinajstić information content (AvgIpc) is 2.91. The highest BCUT2D eigenvalue weighted by Crippen LogP contribution is 2.26. The van der Waals surface area contributed by atoms with Crippen molar-refractivity contribution in [2.45, 2.75) is 38.8 Å². The van der Waals surface area contributed by atoms with Gasteiger partial charge in [-0.05, 0) is 50.6 Å². The highest BCUT2D eigenvalue weighted by molar-refractivity contribution is 6.30. The minimum absolute atomic E-state index is 0.476. The lowest BCUT2D eigenvalue weighted by atomic mass is 10.0. The molecule has 0 radical (unpaired) electrons. The first-order chi connectivity index (χ1) is 11.2. The Balaban J connectivity index is 1.76. The predicted octanol–water partition coefficient (Wildman–Crippen LogP) is 4.30. The summed E-state index contributed by atoms with van der Waals surface area (Å²) < 4.78 is 11.2. The summed E-state index contributed by atoms with van der Waals surface area (Å²) in [6, 6.07) is 8.06. The molecule has 3 rings (SSSR count). The average molecular weight is 335 g/mol. The van der Waals surface area contributed by atoms with Crippen molar-refractivity contribution in [3.05, 3.63) is 40.7 Å². The Morgan fingerprint density at radius 2 is 2.09 bits per heavy atom. The molecule has 0 aliphatic carbocycles. The van der Waals surface area contributed by atoms with Crippen molar-refractivity contribution in [3.63, 3.8) is 0 Å². The van der Waals surface area contributed by atoms with Crippen LogP contribution >= 0.6 is 11.6 Å². The van der Waals surface area contributed by atoms with Crippen molar-refractivity contribution >= 4 is 11.6 Å². The van der Waals surface area contributed by atoms with E-state index in [1.54, 1.807) is 7.11 Å². The van der Waals surface area contributed by atoms with Crippen LogP contribution in [0.3, 0.4) is 0 Å². The van der Waals surface area contributed by atoms with Crippen molar-refractivity contribution in [2.24, 2.45) is 0 Å². The lowest BCUT2D eigenvalue weighted by molar-refractivity contribution is 0.0590. The molecule has 0 amide bonds. The maximum absolute atomic E-state index is 5.94. The van der Waals surface area contributed by atoms with E-state index in [1.165, 1.54) is 19.3 Å². The molecule has 2 heterocycles. The number of oxazole rings is 1. The van der Waals surface area contributed by atoms with Crippen molar-refractivity contribution < 1.29 is 9.15 Å². The Morgan fingerprint density at radius 1 is 1.30 bits per heavy atom. The zero-order chi connectivity index (χ0) is 16.2. The Kier molecular flexibility index (Phi) is 5.36. The number of rotatable bonds is 5. The molecular formula is C18H23ClN2O2. The molecule has 0 N–H and O–H groups in total. The van der Waals surface area contributed by atoms with Gasteiger partial charge in [-0.2, -0.15) is 0 Å². The maximum Gasteiger partial charge on any atom is 0.226 e. The van der Waals surface area contributed by atoms with Crippen LogP contribution in [0.25, 0.3) is 11.5 Å². The van der Waals surface area contributed by atoms with E-state index in [0.717, 1.165) is 36.7 Å². The van der Waals surface area contributed by atoms with E-state index >= 15 is 0 Å². The van der Waals surface area contributed by atoms with Gasteiger partial charge in [0.1, 0.15) is 5.76 Å². The van der Waals surface area contributed by atoms with Crippen LogP contribution < -0.4 is 0 Å². The molecule has 1 fully saturated rings. The van der Waals surface area contributed by atoms with E-state index in [0.29, 0.717) is 17.0 Å². The highest BCUT2D eigenvalue weighted by atomic mass is 35.5. The second-order valence-electron chi connectivity index (χ2n) is 6.10. The first-order valence-electron chi connectivity index (χ1n) is 8.12. The quantitative estimate of drug-likeness (QED) is 0.817. The number of aromatic nitrogens is 1. The number of piperidine rings is 1. The molecule has 1 aromatic heterocycles. The van der Waals surface area contributed by atoms with Crippen LogP contribution in [-0.2, 0) is 11.3 Å². The highest BCUT2D eigenvalue weighted by Gasteiger charge is 2.24. The van der Waals surface area contributed by atoms with Crippen molar-refractivity contribution in [3.8, 4) is 11.5 Å². The van der Waals surface area contributed by atoms with Gasteiger partial charge in [0.15, 0.2) is 0 Å². The van der Waals surface area contributed by atoms with Crippen LogP contribution in [0, 0.1) is 6.92 Å². The fourth-order valence-corrected chi connectivity index (χ4v) is 3.26. The van der Waals surface area contributed by atoms with Gasteiger partial charge in [-0.15, -0.1) is 0 Å². The van der Waals surface area contributed by atoms with E-state index in [2.05, 4.69) is 4.90 Å². The summed E-state index contributed by atoms with van der Waals surface area (Å²) >= 11 is 5.94.